The number of hydrogen-bond acceptors (Lipinski definition) is 2. The Bertz CT molecular complexity index is 273. The lowest BCUT2D eigenvalue weighted by Crippen LogP contribution is -2.04. The highest BCUT2D eigenvalue weighted by Crippen LogP contribution is 2.21. The summed E-state index contributed by atoms with van der Waals surface area (Å²) in [6, 6.07) is 0. The van der Waals surface area contributed by atoms with E-state index < -0.39 is 0 Å². The minimum atomic E-state index is 0.0429. The van der Waals surface area contributed by atoms with Gasteiger partial charge in [0, 0.05) is 22.5 Å². The van der Waals surface area contributed by atoms with Crippen molar-refractivity contribution in [3.8, 4) is 0 Å². The van der Waals surface area contributed by atoms with Gasteiger partial charge in [0.05, 0.1) is 0 Å². The lowest BCUT2D eigenvalue weighted by molar-refractivity contribution is 0.863. The van der Waals surface area contributed by atoms with Gasteiger partial charge in [0.25, 0.3) is 0 Å². The lowest BCUT2D eigenvalue weighted by atomic mass is 10.2. The summed E-state index contributed by atoms with van der Waals surface area (Å²) in [5.74, 6) is 0. The molecular formula is C7H5BrN2. The molecule has 0 aliphatic carbocycles. The van der Waals surface area contributed by atoms with Crippen molar-refractivity contribution in [1.29, 1.82) is 0 Å². The van der Waals surface area contributed by atoms with Crippen LogP contribution in [0, 0.1) is 0 Å². The van der Waals surface area contributed by atoms with Crippen molar-refractivity contribution in [3.05, 3.63) is 22.2 Å². The zero-order chi connectivity index (χ0) is 6.97. The van der Waals surface area contributed by atoms with E-state index in [-0.39, 0.29) is 6.17 Å². The van der Waals surface area contributed by atoms with Crippen molar-refractivity contribution in [1.82, 2.24) is 0 Å². The van der Waals surface area contributed by atoms with Crippen molar-refractivity contribution < 1.29 is 0 Å². The van der Waals surface area contributed by atoms with Crippen LogP contribution in [0.2, 0.25) is 0 Å². The fourth-order valence-corrected chi connectivity index (χ4v) is 1.35. The number of hydrogen-bond donors (Lipinski definition) is 0. The molecule has 0 radical (unpaired) electrons. The van der Waals surface area contributed by atoms with Crippen LogP contribution in [0.15, 0.2) is 32.2 Å². The lowest BCUT2D eigenvalue weighted by Gasteiger charge is -2.07. The van der Waals surface area contributed by atoms with E-state index in [4.69, 9.17) is 0 Å². The van der Waals surface area contributed by atoms with E-state index in [1.54, 1.807) is 12.4 Å². The van der Waals surface area contributed by atoms with Gasteiger partial charge >= 0.3 is 0 Å². The third kappa shape index (κ3) is 0.865. The molecule has 0 spiro atoms. The summed E-state index contributed by atoms with van der Waals surface area (Å²) in [4.78, 5) is 8.28. The van der Waals surface area contributed by atoms with Gasteiger partial charge in [-0.1, -0.05) is 0 Å². The number of nitrogens with zero attached hydrogens (tertiary/aromatic N) is 2. The van der Waals surface area contributed by atoms with Gasteiger partial charge < -0.3 is 0 Å². The maximum Gasteiger partial charge on any atom is 0.165 e. The summed E-state index contributed by atoms with van der Waals surface area (Å²) >= 11 is 3.34. The Morgan fingerprint density at radius 1 is 1.40 bits per heavy atom. The van der Waals surface area contributed by atoms with Gasteiger partial charge in [-0.3, -0.25) is 9.98 Å². The van der Waals surface area contributed by atoms with E-state index in [1.165, 1.54) is 0 Å². The molecule has 0 bridgehead atoms. The van der Waals surface area contributed by atoms with Crippen LogP contribution < -0.4 is 0 Å². The van der Waals surface area contributed by atoms with Gasteiger partial charge in [-0.25, -0.2) is 0 Å². The topological polar surface area (TPSA) is 24.7 Å². The minimum Gasteiger partial charge on any atom is -0.262 e. The predicted molar refractivity (Wildman–Crippen MR) is 45.9 cm³/mol. The van der Waals surface area contributed by atoms with Crippen LogP contribution in [0.5, 0.6) is 0 Å². The third-order valence-corrected chi connectivity index (χ3v) is 1.87. The van der Waals surface area contributed by atoms with Gasteiger partial charge in [-0.15, -0.1) is 0 Å². The largest absolute Gasteiger partial charge is 0.262 e. The Morgan fingerprint density at radius 2 is 2.30 bits per heavy atom. The van der Waals surface area contributed by atoms with E-state index in [1.807, 2.05) is 12.2 Å². The van der Waals surface area contributed by atoms with Crippen molar-refractivity contribution in [3.63, 3.8) is 0 Å². The molecule has 1 atom stereocenters. The van der Waals surface area contributed by atoms with Crippen LogP contribution in [0.1, 0.15) is 0 Å². The molecule has 0 amide bonds. The summed E-state index contributed by atoms with van der Waals surface area (Å²) in [5, 5.41) is 0. The van der Waals surface area contributed by atoms with Crippen LogP contribution in [-0.4, -0.2) is 18.6 Å². The van der Waals surface area contributed by atoms with Crippen LogP contribution in [0.3, 0.4) is 0 Å². The Balaban J connectivity index is 2.39. The molecule has 2 heterocycles. The molecule has 2 rings (SSSR count). The van der Waals surface area contributed by atoms with Crippen molar-refractivity contribution in [2.75, 3.05) is 0 Å². The third-order valence-electron chi connectivity index (χ3n) is 1.44. The van der Waals surface area contributed by atoms with Crippen molar-refractivity contribution in [2.24, 2.45) is 9.98 Å². The summed E-state index contributed by atoms with van der Waals surface area (Å²) < 4.78 is 1.01. The molecule has 3 heteroatoms. The Hall–Kier alpha value is -0.700. The van der Waals surface area contributed by atoms with Crippen LogP contribution >= 0.6 is 15.9 Å². The first-order chi connectivity index (χ1) is 4.86. The maximum absolute atomic E-state index is 4.17. The Morgan fingerprint density at radius 3 is 3.20 bits per heavy atom. The van der Waals surface area contributed by atoms with Crippen molar-refractivity contribution in [2.45, 2.75) is 6.17 Å². The van der Waals surface area contributed by atoms with Crippen LogP contribution in [0.25, 0.3) is 0 Å². The van der Waals surface area contributed by atoms with Gasteiger partial charge in [-0.05, 0) is 28.1 Å². The quantitative estimate of drug-likeness (QED) is 0.564. The summed E-state index contributed by atoms with van der Waals surface area (Å²) in [6.45, 7) is 0. The van der Waals surface area contributed by atoms with Crippen LogP contribution in [0.4, 0.5) is 0 Å². The predicted octanol–water partition coefficient (Wildman–Crippen LogP) is 1.69. The fraction of sp³-hybridized carbons (Fsp3) is 0.143. The molecule has 0 N–H and O–H groups in total. The number of dihydropyridines is 1. The second kappa shape index (κ2) is 2.16. The fourth-order valence-electron chi connectivity index (χ4n) is 0.968. The molecule has 0 aromatic heterocycles. The molecule has 0 saturated carbocycles. The highest BCUT2D eigenvalue weighted by atomic mass is 79.9. The van der Waals surface area contributed by atoms with E-state index >= 15 is 0 Å². The average Bonchev–Trinajstić information content (AvgIpc) is 2.33. The molecular weight excluding hydrogens is 192 g/mol. The van der Waals surface area contributed by atoms with E-state index in [0.29, 0.717) is 0 Å². The number of allylic oxidation sites excluding steroid dienone is 2. The number of halogens is 1. The average molecular weight is 197 g/mol. The molecule has 2 aliphatic heterocycles. The first-order valence-corrected chi connectivity index (χ1v) is 3.79. The van der Waals surface area contributed by atoms with Crippen molar-refractivity contribution >= 4 is 28.4 Å². The zero-order valence-corrected chi connectivity index (χ0v) is 6.75. The monoisotopic (exact) mass is 196 g/mol. The minimum absolute atomic E-state index is 0.0429. The molecule has 50 valence electrons. The molecule has 0 fully saturated rings. The molecule has 2 nitrogen and oxygen atoms in total. The molecule has 0 unspecified atom stereocenters. The standard InChI is InChI=1S/C7H5BrN2/c8-6-3-5-1-2-9-7(5)10-4-6/h1-4,7H/t7-/m0/s1. The molecule has 0 aromatic rings. The summed E-state index contributed by atoms with van der Waals surface area (Å²) in [6.07, 6.45) is 7.62. The SMILES string of the molecule is BrC1=CC2=CC=N[C@H]2N=C1. The van der Waals surface area contributed by atoms with Gasteiger partial charge in [0.1, 0.15) is 0 Å². The van der Waals surface area contributed by atoms with E-state index in [2.05, 4.69) is 25.9 Å². The molecule has 10 heavy (non-hydrogen) atoms. The van der Waals surface area contributed by atoms with Gasteiger partial charge in [-0.2, -0.15) is 0 Å². The number of rotatable bonds is 0. The van der Waals surface area contributed by atoms with Crippen LogP contribution in [-0.2, 0) is 0 Å². The zero-order valence-electron chi connectivity index (χ0n) is 5.16. The first-order valence-electron chi connectivity index (χ1n) is 3.00. The molecule has 2 aliphatic rings. The second-order valence-corrected chi connectivity index (χ2v) is 3.06. The van der Waals surface area contributed by atoms with Gasteiger partial charge in [0.15, 0.2) is 6.17 Å². The smallest absolute Gasteiger partial charge is 0.165 e. The maximum atomic E-state index is 4.17. The molecule has 0 saturated heterocycles. The molecule has 0 aromatic carbocycles. The normalized spacial score (nSPS) is 27.9. The summed E-state index contributed by atoms with van der Waals surface area (Å²) in [7, 11) is 0. The Labute approximate surface area is 67.2 Å². The number of fused-ring (bicyclic) bond motifs is 1. The van der Waals surface area contributed by atoms with E-state index in [0.717, 1.165) is 10.1 Å². The highest BCUT2D eigenvalue weighted by Gasteiger charge is 2.14. The van der Waals surface area contributed by atoms with Gasteiger partial charge in [0.2, 0.25) is 0 Å². The Kier molecular flexibility index (Phi) is 1.31. The first kappa shape index (κ1) is 6.04. The highest BCUT2D eigenvalue weighted by molar-refractivity contribution is 9.12. The number of aliphatic imine (C=N–C) groups is 2. The second-order valence-electron chi connectivity index (χ2n) is 2.15. The van der Waals surface area contributed by atoms with E-state index in [9.17, 15) is 0 Å². The summed E-state index contributed by atoms with van der Waals surface area (Å²) in [5.41, 5.74) is 1.16.